The van der Waals surface area contributed by atoms with Gasteiger partial charge in [-0.1, -0.05) is 28.1 Å². The van der Waals surface area contributed by atoms with Gasteiger partial charge in [0.2, 0.25) is 5.91 Å². The molecule has 4 nitrogen and oxygen atoms in total. The first kappa shape index (κ1) is 19.7. The van der Waals surface area contributed by atoms with Crippen molar-refractivity contribution in [2.45, 2.75) is 38.3 Å². The third-order valence-corrected chi connectivity index (χ3v) is 5.39. The highest BCUT2D eigenvalue weighted by Gasteiger charge is 2.24. The maximum Gasteiger partial charge on any atom is 0.237 e. The summed E-state index contributed by atoms with van der Waals surface area (Å²) in [7, 11) is 0. The van der Waals surface area contributed by atoms with Crippen LogP contribution in [0, 0.1) is 5.92 Å². The molecule has 3 rings (SSSR count). The fraction of sp³-hybridized carbons (Fsp3) is 0.611. The minimum atomic E-state index is 0. The summed E-state index contributed by atoms with van der Waals surface area (Å²) in [5.41, 5.74) is 1.35. The third kappa shape index (κ3) is 5.73. The maximum absolute atomic E-state index is 12.1. The zero-order chi connectivity index (χ0) is 16.1. The predicted octanol–water partition coefficient (Wildman–Crippen LogP) is 2.95. The van der Waals surface area contributed by atoms with Gasteiger partial charge in [-0.05, 0) is 62.4 Å². The van der Waals surface area contributed by atoms with E-state index in [1.807, 2.05) is 0 Å². The molecular weight excluding hydrogens is 390 g/mol. The number of rotatable bonds is 5. The Bertz CT molecular complexity index is 520. The molecule has 0 aromatic heterocycles. The average Bonchev–Trinajstić information content (AvgIpc) is 3.10. The Balaban J connectivity index is 0.00000208. The van der Waals surface area contributed by atoms with Crippen molar-refractivity contribution in [1.82, 2.24) is 15.5 Å². The van der Waals surface area contributed by atoms with E-state index in [4.69, 9.17) is 0 Å². The fourth-order valence-corrected chi connectivity index (χ4v) is 3.85. The Labute approximate surface area is 159 Å². The van der Waals surface area contributed by atoms with Crippen LogP contribution in [0.1, 0.15) is 31.2 Å². The molecule has 2 aliphatic heterocycles. The normalized spacial score (nSPS) is 24.4. The van der Waals surface area contributed by atoms with Crippen molar-refractivity contribution in [2.24, 2.45) is 5.92 Å². The molecule has 2 atom stereocenters. The number of carbonyl (C=O) groups is 1. The summed E-state index contributed by atoms with van der Waals surface area (Å²) in [6.07, 6.45) is 4.53. The van der Waals surface area contributed by atoms with Crippen molar-refractivity contribution < 1.29 is 4.79 Å². The van der Waals surface area contributed by atoms with Gasteiger partial charge in [-0.25, -0.2) is 0 Å². The van der Waals surface area contributed by atoms with E-state index in [1.54, 1.807) is 0 Å². The van der Waals surface area contributed by atoms with E-state index in [-0.39, 0.29) is 24.4 Å². The minimum absolute atomic E-state index is 0. The molecule has 134 valence electrons. The molecular formula is C18H27BrClN3O. The van der Waals surface area contributed by atoms with E-state index < -0.39 is 0 Å². The Kier molecular flexibility index (Phi) is 8.01. The SMILES string of the molecule is Cl.O=C(NCC1CCCN(Cc2ccc(Br)cc2)C1)C1CCCN1. The maximum atomic E-state index is 12.1. The second-order valence-electron chi connectivity index (χ2n) is 6.76. The molecule has 2 aliphatic rings. The van der Waals surface area contributed by atoms with Crippen LogP contribution in [-0.2, 0) is 11.3 Å². The summed E-state index contributed by atoms with van der Waals surface area (Å²) in [5.74, 6) is 0.761. The van der Waals surface area contributed by atoms with Gasteiger partial charge in [-0.15, -0.1) is 12.4 Å². The molecule has 1 aromatic rings. The highest BCUT2D eigenvalue weighted by Crippen LogP contribution is 2.19. The highest BCUT2D eigenvalue weighted by atomic mass is 79.9. The Morgan fingerprint density at radius 3 is 2.75 bits per heavy atom. The summed E-state index contributed by atoms with van der Waals surface area (Å²) in [6, 6.07) is 8.61. The van der Waals surface area contributed by atoms with E-state index in [0.717, 1.165) is 50.0 Å². The highest BCUT2D eigenvalue weighted by molar-refractivity contribution is 9.10. The first-order valence-corrected chi connectivity index (χ1v) is 9.48. The second-order valence-corrected chi connectivity index (χ2v) is 7.68. The molecule has 0 spiro atoms. The molecule has 6 heteroatoms. The summed E-state index contributed by atoms with van der Waals surface area (Å²) >= 11 is 3.48. The molecule has 0 aliphatic carbocycles. The number of piperidine rings is 1. The Hall–Kier alpha value is -0.620. The van der Waals surface area contributed by atoms with Gasteiger partial charge in [-0.2, -0.15) is 0 Å². The van der Waals surface area contributed by atoms with Crippen molar-refractivity contribution in [2.75, 3.05) is 26.2 Å². The van der Waals surface area contributed by atoms with E-state index in [9.17, 15) is 4.79 Å². The van der Waals surface area contributed by atoms with Gasteiger partial charge >= 0.3 is 0 Å². The lowest BCUT2D eigenvalue weighted by atomic mass is 9.97. The average molecular weight is 417 g/mol. The Morgan fingerprint density at radius 2 is 2.04 bits per heavy atom. The predicted molar refractivity (Wildman–Crippen MR) is 103 cm³/mol. The second kappa shape index (κ2) is 9.76. The summed E-state index contributed by atoms with van der Waals surface area (Å²) in [6.45, 7) is 5.03. The molecule has 2 heterocycles. The molecule has 0 saturated carbocycles. The molecule has 2 saturated heterocycles. The first-order valence-electron chi connectivity index (χ1n) is 8.68. The van der Waals surface area contributed by atoms with Crippen LogP contribution >= 0.6 is 28.3 Å². The number of carbonyl (C=O) groups excluding carboxylic acids is 1. The lowest BCUT2D eigenvalue weighted by Gasteiger charge is -2.33. The number of halogens is 2. The van der Waals surface area contributed by atoms with Crippen molar-refractivity contribution in [3.63, 3.8) is 0 Å². The number of hydrogen-bond donors (Lipinski definition) is 2. The summed E-state index contributed by atoms with van der Waals surface area (Å²) in [4.78, 5) is 14.6. The van der Waals surface area contributed by atoms with Crippen LogP contribution in [0.15, 0.2) is 28.7 Å². The van der Waals surface area contributed by atoms with Crippen LogP contribution < -0.4 is 10.6 Å². The van der Waals surface area contributed by atoms with Gasteiger partial charge < -0.3 is 10.6 Å². The molecule has 2 fully saturated rings. The van der Waals surface area contributed by atoms with E-state index in [0.29, 0.717) is 5.92 Å². The van der Waals surface area contributed by atoms with Gasteiger partial charge in [0.1, 0.15) is 0 Å². The van der Waals surface area contributed by atoms with Gasteiger partial charge in [0.25, 0.3) is 0 Å². The van der Waals surface area contributed by atoms with Gasteiger partial charge in [-0.3, -0.25) is 9.69 Å². The number of amides is 1. The molecule has 2 N–H and O–H groups in total. The van der Waals surface area contributed by atoms with E-state index >= 15 is 0 Å². The monoisotopic (exact) mass is 415 g/mol. The van der Waals surface area contributed by atoms with Crippen LogP contribution in [0.3, 0.4) is 0 Å². The quantitative estimate of drug-likeness (QED) is 0.775. The molecule has 1 aromatic carbocycles. The lowest BCUT2D eigenvalue weighted by Crippen LogP contribution is -2.45. The van der Waals surface area contributed by atoms with Crippen molar-refractivity contribution in [3.05, 3.63) is 34.3 Å². The summed E-state index contributed by atoms with van der Waals surface area (Å²) in [5, 5.41) is 6.42. The van der Waals surface area contributed by atoms with Crippen molar-refractivity contribution >= 4 is 34.2 Å². The number of nitrogens with zero attached hydrogens (tertiary/aromatic N) is 1. The standard InChI is InChI=1S/C18H26BrN3O.ClH/c19-16-7-5-14(6-8-16)12-22-10-2-3-15(13-22)11-21-18(23)17-4-1-9-20-17;/h5-8,15,17,20H,1-4,9-13H2,(H,21,23);1H. The minimum Gasteiger partial charge on any atom is -0.354 e. The van der Waals surface area contributed by atoms with Crippen LogP contribution in [0.2, 0.25) is 0 Å². The van der Waals surface area contributed by atoms with E-state index in [1.165, 1.54) is 18.4 Å². The van der Waals surface area contributed by atoms with Crippen LogP contribution in [0.25, 0.3) is 0 Å². The number of hydrogen-bond acceptors (Lipinski definition) is 3. The Morgan fingerprint density at radius 1 is 1.25 bits per heavy atom. The van der Waals surface area contributed by atoms with Crippen LogP contribution in [-0.4, -0.2) is 43.0 Å². The van der Waals surface area contributed by atoms with Gasteiger partial charge in [0.05, 0.1) is 6.04 Å². The van der Waals surface area contributed by atoms with Crippen LogP contribution in [0.5, 0.6) is 0 Å². The smallest absolute Gasteiger partial charge is 0.237 e. The largest absolute Gasteiger partial charge is 0.354 e. The molecule has 0 bridgehead atoms. The lowest BCUT2D eigenvalue weighted by molar-refractivity contribution is -0.123. The first-order chi connectivity index (χ1) is 11.2. The number of likely N-dealkylation sites (tertiary alicyclic amines) is 1. The third-order valence-electron chi connectivity index (χ3n) is 4.86. The molecule has 2 unspecified atom stereocenters. The molecule has 24 heavy (non-hydrogen) atoms. The van der Waals surface area contributed by atoms with Crippen LogP contribution in [0.4, 0.5) is 0 Å². The van der Waals surface area contributed by atoms with Gasteiger partial charge in [0.15, 0.2) is 0 Å². The zero-order valence-corrected chi connectivity index (χ0v) is 16.4. The van der Waals surface area contributed by atoms with Gasteiger partial charge in [0, 0.05) is 24.1 Å². The molecule has 1 amide bonds. The number of benzene rings is 1. The number of nitrogens with one attached hydrogen (secondary N) is 2. The van der Waals surface area contributed by atoms with Crippen molar-refractivity contribution in [3.8, 4) is 0 Å². The van der Waals surface area contributed by atoms with Crippen molar-refractivity contribution in [1.29, 1.82) is 0 Å². The van der Waals surface area contributed by atoms with E-state index in [2.05, 4.69) is 55.7 Å². The topological polar surface area (TPSA) is 44.4 Å². The fourth-order valence-electron chi connectivity index (χ4n) is 3.59. The molecule has 0 radical (unpaired) electrons. The zero-order valence-electron chi connectivity index (χ0n) is 14.0. The summed E-state index contributed by atoms with van der Waals surface area (Å²) < 4.78 is 1.13.